The lowest BCUT2D eigenvalue weighted by Crippen LogP contribution is -2.19. The average molecular weight is 217 g/mol. The Kier molecular flexibility index (Phi) is 2.92. The highest BCUT2D eigenvalue weighted by Crippen LogP contribution is 2.07. The number of nitrogens with zero attached hydrogens (tertiary/aromatic N) is 1. The number of rotatable bonds is 3. The van der Waals surface area contributed by atoms with Crippen molar-refractivity contribution < 1.29 is 0 Å². The minimum Gasteiger partial charge on any atom is -0.330 e. The summed E-state index contributed by atoms with van der Waals surface area (Å²) in [4.78, 5) is 11.9. The number of aryl methyl sites for hydroxylation is 1. The van der Waals surface area contributed by atoms with Crippen LogP contribution in [0.15, 0.2) is 35.3 Å². The first-order valence-electron chi connectivity index (χ1n) is 5.29. The number of nitrogens with one attached hydrogen (secondary N) is 1. The van der Waals surface area contributed by atoms with Gasteiger partial charge in [-0.15, -0.1) is 0 Å². The van der Waals surface area contributed by atoms with Gasteiger partial charge in [-0.2, -0.15) is 0 Å². The second-order valence-corrected chi connectivity index (χ2v) is 3.82. The maximum absolute atomic E-state index is 11.9. The van der Waals surface area contributed by atoms with Gasteiger partial charge in [0.15, 0.2) is 0 Å². The first-order valence-corrected chi connectivity index (χ1v) is 5.29. The standard InChI is InChI=1S/C12H15N3O/c1-9-3-2-4-11(7-9)15-12(16)10(5-6-13)8-14-15/h2-4,7-8,14H,5-6,13H2,1H3. The van der Waals surface area contributed by atoms with Crippen LogP contribution in [0, 0.1) is 6.92 Å². The molecule has 2 aromatic rings. The molecule has 1 aromatic heterocycles. The molecular weight excluding hydrogens is 202 g/mol. The van der Waals surface area contributed by atoms with Crippen LogP contribution in [0.4, 0.5) is 0 Å². The third-order valence-corrected chi connectivity index (χ3v) is 2.52. The molecule has 84 valence electrons. The van der Waals surface area contributed by atoms with Gasteiger partial charge in [0.25, 0.3) is 5.56 Å². The van der Waals surface area contributed by atoms with Crippen molar-refractivity contribution in [2.24, 2.45) is 5.73 Å². The molecule has 0 aliphatic heterocycles. The lowest BCUT2D eigenvalue weighted by atomic mass is 10.2. The highest BCUT2D eigenvalue weighted by Gasteiger charge is 2.06. The van der Waals surface area contributed by atoms with Gasteiger partial charge in [-0.1, -0.05) is 12.1 Å². The molecule has 16 heavy (non-hydrogen) atoms. The van der Waals surface area contributed by atoms with Crippen LogP contribution in [0.25, 0.3) is 5.69 Å². The summed E-state index contributed by atoms with van der Waals surface area (Å²) in [5.74, 6) is 0. The summed E-state index contributed by atoms with van der Waals surface area (Å²) in [6.45, 7) is 2.49. The number of H-pyrrole nitrogens is 1. The van der Waals surface area contributed by atoms with Crippen molar-refractivity contribution in [2.75, 3.05) is 6.54 Å². The molecule has 4 nitrogen and oxygen atoms in total. The summed E-state index contributed by atoms with van der Waals surface area (Å²) < 4.78 is 1.54. The van der Waals surface area contributed by atoms with Crippen LogP contribution in [0.2, 0.25) is 0 Å². The molecule has 0 radical (unpaired) electrons. The van der Waals surface area contributed by atoms with Crippen molar-refractivity contribution in [1.29, 1.82) is 0 Å². The molecule has 2 rings (SSSR count). The molecule has 0 aliphatic carbocycles. The van der Waals surface area contributed by atoms with Crippen LogP contribution < -0.4 is 11.3 Å². The third-order valence-electron chi connectivity index (χ3n) is 2.52. The monoisotopic (exact) mass is 217 g/mol. The average Bonchev–Trinajstić information content (AvgIpc) is 2.61. The van der Waals surface area contributed by atoms with Crippen LogP contribution in [-0.4, -0.2) is 16.3 Å². The Morgan fingerprint density at radius 3 is 2.94 bits per heavy atom. The van der Waals surface area contributed by atoms with Gasteiger partial charge in [-0.25, -0.2) is 4.68 Å². The first kappa shape index (κ1) is 10.7. The molecule has 0 unspecified atom stereocenters. The fourth-order valence-electron chi connectivity index (χ4n) is 1.70. The molecule has 0 saturated heterocycles. The molecule has 0 spiro atoms. The summed E-state index contributed by atoms with van der Waals surface area (Å²) in [6, 6.07) is 7.79. The summed E-state index contributed by atoms with van der Waals surface area (Å²) in [5.41, 5.74) is 8.13. The fraction of sp³-hybridized carbons (Fsp3) is 0.250. The Balaban J connectivity index is 2.45. The lowest BCUT2D eigenvalue weighted by molar-refractivity contribution is 0.843. The second kappa shape index (κ2) is 4.37. The van der Waals surface area contributed by atoms with Gasteiger partial charge in [-0.05, 0) is 37.6 Å². The predicted molar refractivity (Wildman–Crippen MR) is 63.9 cm³/mol. The molecule has 4 heteroatoms. The smallest absolute Gasteiger partial charge is 0.274 e. The van der Waals surface area contributed by atoms with E-state index in [0.29, 0.717) is 13.0 Å². The zero-order valence-electron chi connectivity index (χ0n) is 9.23. The lowest BCUT2D eigenvalue weighted by Gasteiger charge is -2.01. The van der Waals surface area contributed by atoms with Crippen molar-refractivity contribution in [3.8, 4) is 5.69 Å². The zero-order valence-corrected chi connectivity index (χ0v) is 9.23. The largest absolute Gasteiger partial charge is 0.330 e. The third kappa shape index (κ3) is 1.92. The first-order chi connectivity index (χ1) is 7.72. The summed E-state index contributed by atoms with van der Waals surface area (Å²) in [7, 11) is 0. The molecule has 0 aliphatic rings. The van der Waals surface area contributed by atoms with E-state index in [9.17, 15) is 4.79 Å². The van der Waals surface area contributed by atoms with Crippen LogP contribution in [-0.2, 0) is 6.42 Å². The maximum Gasteiger partial charge on any atom is 0.274 e. The van der Waals surface area contributed by atoms with Gasteiger partial charge in [0.1, 0.15) is 0 Å². The van der Waals surface area contributed by atoms with E-state index in [1.54, 1.807) is 6.20 Å². The molecule has 0 atom stereocenters. The van der Waals surface area contributed by atoms with E-state index >= 15 is 0 Å². The van der Waals surface area contributed by atoms with Gasteiger partial charge in [-0.3, -0.25) is 9.89 Å². The van der Waals surface area contributed by atoms with Crippen LogP contribution in [0.5, 0.6) is 0 Å². The van der Waals surface area contributed by atoms with E-state index in [2.05, 4.69) is 5.10 Å². The molecule has 1 aromatic carbocycles. The SMILES string of the molecule is Cc1cccc(-n2[nH]cc(CCN)c2=O)c1. The van der Waals surface area contributed by atoms with E-state index in [4.69, 9.17) is 5.73 Å². The molecular formula is C12H15N3O. The Labute approximate surface area is 93.7 Å². The molecule has 0 fully saturated rings. The van der Waals surface area contributed by atoms with Crippen LogP contribution >= 0.6 is 0 Å². The number of aromatic amines is 1. The van der Waals surface area contributed by atoms with E-state index in [1.807, 2.05) is 31.2 Å². The molecule has 1 heterocycles. The van der Waals surface area contributed by atoms with Gasteiger partial charge in [0.05, 0.1) is 5.69 Å². The van der Waals surface area contributed by atoms with E-state index in [1.165, 1.54) is 4.68 Å². The fourth-order valence-corrected chi connectivity index (χ4v) is 1.70. The summed E-state index contributed by atoms with van der Waals surface area (Å²) in [5, 5.41) is 2.95. The minimum absolute atomic E-state index is 0.0175. The van der Waals surface area contributed by atoms with Crippen molar-refractivity contribution in [2.45, 2.75) is 13.3 Å². The summed E-state index contributed by atoms with van der Waals surface area (Å²) >= 11 is 0. The highest BCUT2D eigenvalue weighted by atomic mass is 16.1. The zero-order chi connectivity index (χ0) is 11.5. The van der Waals surface area contributed by atoms with Gasteiger partial charge in [0.2, 0.25) is 0 Å². The van der Waals surface area contributed by atoms with Crippen molar-refractivity contribution in [3.05, 3.63) is 51.9 Å². The Bertz CT molecular complexity index is 539. The number of benzene rings is 1. The quantitative estimate of drug-likeness (QED) is 0.804. The van der Waals surface area contributed by atoms with E-state index < -0.39 is 0 Å². The van der Waals surface area contributed by atoms with Crippen molar-refractivity contribution in [3.63, 3.8) is 0 Å². The topological polar surface area (TPSA) is 63.8 Å². The molecule has 0 saturated carbocycles. The number of hydrogen-bond donors (Lipinski definition) is 2. The Hall–Kier alpha value is -1.81. The highest BCUT2D eigenvalue weighted by molar-refractivity contribution is 5.35. The normalized spacial score (nSPS) is 10.6. The number of nitrogens with two attached hydrogens (primary N) is 1. The molecule has 3 N–H and O–H groups in total. The van der Waals surface area contributed by atoms with Crippen molar-refractivity contribution >= 4 is 0 Å². The van der Waals surface area contributed by atoms with E-state index in [0.717, 1.165) is 16.8 Å². The predicted octanol–water partition coefficient (Wildman–Crippen LogP) is 0.975. The Morgan fingerprint density at radius 2 is 2.25 bits per heavy atom. The number of hydrogen-bond acceptors (Lipinski definition) is 2. The summed E-state index contributed by atoms with van der Waals surface area (Å²) in [6.07, 6.45) is 2.33. The van der Waals surface area contributed by atoms with Gasteiger partial charge in [0, 0.05) is 11.8 Å². The minimum atomic E-state index is -0.0175. The van der Waals surface area contributed by atoms with Gasteiger partial charge < -0.3 is 5.73 Å². The molecule has 0 amide bonds. The van der Waals surface area contributed by atoms with Crippen LogP contribution in [0.1, 0.15) is 11.1 Å². The van der Waals surface area contributed by atoms with E-state index in [-0.39, 0.29) is 5.56 Å². The Morgan fingerprint density at radius 1 is 1.44 bits per heavy atom. The second-order valence-electron chi connectivity index (χ2n) is 3.82. The van der Waals surface area contributed by atoms with Crippen molar-refractivity contribution in [1.82, 2.24) is 9.78 Å². The number of aromatic nitrogens is 2. The maximum atomic E-state index is 11.9. The van der Waals surface area contributed by atoms with Gasteiger partial charge >= 0.3 is 0 Å². The molecule has 0 bridgehead atoms. The van der Waals surface area contributed by atoms with Crippen LogP contribution in [0.3, 0.4) is 0 Å².